The highest BCUT2D eigenvalue weighted by molar-refractivity contribution is 6.42. The number of amides is 3. The zero-order valence-corrected chi connectivity index (χ0v) is 23.5. The Bertz CT molecular complexity index is 1600. The highest BCUT2D eigenvalue weighted by atomic mass is 35.5. The van der Waals surface area contributed by atoms with E-state index < -0.39 is 46.8 Å². The molecule has 12 heteroatoms. The summed E-state index contributed by atoms with van der Waals surface area (Å²) in [5.41, 5.74) is 0.219. The molecule has 214 valence electrons. The second-order valence-corrected chi connectivity index (χ2v) is 11.5. The second kappa shape index (κ2) is 10.8. The number of hydrazine groups is 1. The number of nitro benzene ring substituents is 1. The van der Waals surface area contributed by atoms with E-state index in [9.17, 15) is 29.3 Å². The lowest BCUT2D eigenvalue weighted by molar-refractivity contribution is -0.384. The van der Waals surface area contributed by atoms with Crippen LogP contribution < -0.4 is 4.74 Å². The van der Waals surface area contributed by atoms with E-state index in [0.29, 0.717) is 11.5 Å². The van der Waals surface area contributed by atoms with Crippen LogP contribution in [0.2, 0.25) is 10.0 Å². The molecule has 3 fully saturated rings. The van der Waals surface area contributed by atoms with Crippen LogP contribution >= 0.6 is 23.2 Å². The summed E-state index contributed by atoms with van der Waals surface area (Å²) in [7, 11) is 0. The van der Waals surface area contributed by atoms with Crippen LogP contribution in [0.25, 0.3) is 0 Å². The maximum Gasteiger partial charge on any atom is 0.273 e. The van der Waals surface area contributed by atoms with Gasteiger partial charge in [0.1, 0.15) is 18.0 Å². The molecule has 0 unspecified atom stereocenters. The minimum atomic E-state index is -0.728. The number of imide groups is 1. The number of non-ortho nitro benzene ring substituents is 1. The van der Waals surface area contributed by atoms with Gasteiger partial charge in [-0.05, 0) is 85.7 Å². The number of carbonyl (C=O) groups is 4. The van der Waals surface area contributed by atoms with Crippen molar-refractivity contribution in [3.63, 3.8) is 0 Å². The molecule has 4 atom stereocenters. The number of rotatable bonds is 8. The van der Waals surface area contributed by atoms with Gasteiger partial charge in [0.25, 0.3) is 23.4 Å². The van der Waals surface area contributed by atoms with Crippen LogP contribution in [0.1, 0.15) is 40.0 Å². The van der Waals surface area contributed by atoms with Gasteiger partial charge in [0.05, 0.1) is 26.8 Å². The minimum absolute atomic E-state index is 0.0738. The molecule has 6 rings (SSSR count). The second-order valence-electron chi connectivity index (χ2n) is 10.7. The molecule has 0 radical (unpaired) electrons. The molecule has 42 heavy (non-hydrogen) atoms. The summed E-state index contributed by atoms with van der Waals surface area (Å²) in [6.07, 6.45) is 2.56. The molecule has 1 aliphatic heterocycles. The first-order valence-electron chi connectivity index (χ1n) is 13.3. The summed E-state index contributed by atoms with van der Waals surface area (Å²) < 4.78 is 5.70. The fourth-order valence-electron chi connectivity index (χ4n) is 6.35. The van der Waals surface area contributed by atoms with Gasteiger partial charge in [-0.3, -0.25) is 29.3 Å². The molecule has 0 N–H and O–H groups in total. The Morgan fingerprint density at radius 1 is 0.857 bits per heavy atom. The number of nitro groups is 1. The van der Waals surface area contributed by atoms with Gasteiger partial charge in [0, 0.05) is 23.3 Å². The summed E-state index contributed by atoms with van der Waals surface area (Å²) in [6.45, 7) is -0.562. The Kier molecular flexibility index (Phi) is 7.20. The molecule has 0 aromatic heterocycles. The van der Waals surface area contributed by atoms with Gasteiger partial charge >= 0.3 is 0 Å². The summed E-state index contributed by atoms with van der Waals surface area (Å²) in [6, 6.07) is 15.8. The monoisotopic (exact) mass is 607 g/mol. The van der Waals surface area contributed by atoms with Gasteiger partial charge in [-0.15, -0.1) is 0 Å². The highest BCUT2D eigenvalue weighted by Gasteiger charge is 2.62. The average molecular weight is 608 g/mol. The van der Waals surface area contributed by atoms with Crippen molar-refractivity contribution < 1.29 is 28.8 Å². The van der Waals surface area contributed by atoms with Crippen molar-refractivity contribution in [2.24, 2.45) is 23.7 Å². The van der Waals surface area contributed by atoms with Crippen LogP contribution in [-0.2, 0) is 9.59 Å². The van der Waals surface area contributed by atoms with E-state index in [0.717, 1.165) is 29.3 Å². The smallest absolute Gasteiger partial charge is 0.273 e. The zero-order valence-electron chi connectivity index (χ0n) is 21.9. The third-order valence-corrected chi connectivity index (χ3v) is 9.04. The highest BCUT2D eigenvalue weighted by Crippen LogP contribution is 2.56. The molecule has 0 spiro atoms. The van der Waals surface area contributed by atoms with Gasteiger partial charge < -0.3 is 4.74 Å². The van der Waals surface area contributed by atoms with E-state index in [1.807, 2.05) is 0 Å². The molecule has 3 aliphatic rings. The fourth-order valence-corrected chi connectivity index (χ4v) is 6.65. The number of Topliss-reactive ketones (excluding diaryl/α,β-unsaturated/α-hetero) is 1. The van der Waals surface area contributed by atoms with Crippen molar-refractivity contribution in [1.82, 2.24) is 10.0 Å². The summed E-state index contributed by atoms with van der Waals surface area (Å²) in [5, 5.41) is 13.0. The van der Waals surface area contributed by atoms with Gasteiger partial charge in [-0.1, -0.05) is 23.2 Å². The molecule has 10 nitrogen and oxygen atoms in total. The maximum absolute atomic E-state index is 13.7. The van der Waals surface area contributed by atoms with Crippen molar-refractivity contribution in [1.29, 1.82) is 0 Å². The molecule has 1 saturated heterocycles. The maximum atomic E-state index is 13.7. The third kappa shape index (κ3) is 4.90. The average Bonchev–Trinajstić information content (AvgIpc) is 3.67. The standard InChI is InChI=1S/C30H23Cl2N3O7/c31-23-12-5-19(14-24(23)32)28(37)33(34-29(38)26-17-1-2-18(13-17)27(26)30(34)39)15-25(36)16-3-8-21(9-4-16)42-22-10-6-20(7-11-22)35(40)41/h3-12,14,17-18,26-27H,1-2,13,15H2/t17-,18-,26+,27+/m0/s1. The Labute approximate surface area is 249 Å². The van der Waals surface area contributed by atoms with Crippen molar-refractivity contribution in [3.8, 4) is 11.5 Å². The lowest BCUT2D eigenvalue weighted by Gasteiger charge is -2.31. The summed E-state index contributed by atoms with van der Waals surface area (Å²) in [5.74, 6) is -2.17. The number of benzene rings is 3. The number of fused-ring (bicyclic) bond motifs is 5. The van der Waals surface area contributed by atoms with Crippen LogP contribution in [0.4, 0.5) is 5.69 Å². The van der Waals surface area contributed by atoms with Crippen LogP contribution in [0, 0.1) is 33.8 Å². The lowest BCUT2D eigenvalue weighted by Crippen LogP contribution is -2.52. The minimum Gasteiger partial charge on any atom is -0.457 e. The summed E-state index contributed by atoms with van der Waals surface area (Å²) in [4.78, 5) is 64.7. The van der Waals surface area contributed by atoms with Crippen molar-refractivity contribution in [2.45, 2.75) is 19.3 Å². The van der Waals surface area contributed by atoms with E-state index in [2.05, 4.69) is 0 Å². The number of nitrogens with zero attached hydrogens (tertiary/aromatic N) is 3. The number of carbonyl (C=O) groups excluding carboxylic acids is 4. The van der Waals surface area contributed by atoms with E-state index in [-0.39, 0.29) is 38.7 Å². The Morgan fingerprint density at radius 2 is 1.40 bits per heavy atom. The Balaban J connectivity index is 1.24. The first-order chi connectivity index (χ1) is 20.1. The van der Waals surface area contributed by atoms with Crippen LogP contribution in [0.5, 0.6) is 11.5 Å². The largest absolute Gasteiger partial charge is 0.457 e. The predicted octanol–water partition coefficient (Wildman–Crippen LogP) is 5.97. The number of ketones is 1. The SMILES string of the molecule is O=C(CN(C(=O)c1ccc(Cl)c(Cl)c1)N1C(=O)[C@@H]2[C@H]3CC[C@@H](C3)[C@H]2C1=O)c1ccc(Oc2ccc([N+](=O)[O-])cc2)cc1. The third-order valence-electron chi connectivity index (χ3n) is 8.30. The first kappa shape index (κ1) is 27.9. The van der Waals surface area contributed by atoms with Crippen molar-refractivity contribution in [2.75, 3.05) is 6.54 Å². The van der Waals surface area contributed by atoms with Gasteiger partial charge in [-0.25, -0.2) is 5.01 Å². The van der Waals surface area contributed by atoms with Crippen LogP contribution in [-0.4, -0.2) is 45.0 Å². The molecule has 2 saturated carbocycles. The molecule has 3 aromatic carbocycles. The summed E-state index contributed by atoms with van der Waals surface area (Å²) >= 11 is 12.2. The number of hydrogen-bond donors (Lipinski definition) is 0. The Hall–Kier alpha value is -4.28. The normalized spacial score (nSPS) is 22.3. The zero-order chi connectivity index (χ0) is 29.7. The van der Waals surface area contributed by atoms with E-state index in [4.69, 9.17) is 27.9 Å². The quantitative estimate of drug-likeness (QED) is 0.134. The van der Waals surface area contributed by atoms with E-state index >= 15 is 0 Å². The molecule has 1 heterocycles. The van der Waals surface area contributed by atoms with Crippen LogP contribution in [0.3, 0.4) is 0 Å². The number of ether oxygens (including phenoxy) is 1. The number of halogens is 2. The molecule has 3 aromatic rings. The topological polar surface area (TPSA) is 127 Å². The molecular formula is C30H23Cl2N3O7. The lowest BCUT2D eigenvalue weighted by atomic mass is 9.81. The van der Waals surface area contributed by atoms with E-state index in [1.165, 1.54) is 66.7 Å². The van der Waals surface area contributed by atoms with Gasteiger partial charge in [-0.2, -0.15) is 5.01 Å². The molecule has 2 aliphatic carbocycles. The predicted molar refractivity (Wildman–Crippen MR) is 151 cm³/mol. The van der Waals surface area contributed by atoms with Crippen LogP contribution in [0.15, 0.2) is 66.7 Å². The van der Waals surface area contributed by atoms with Crippen molar-refractivity contribution >= 4 is 52.4 Å². The molecular weight excluding hydrogens is 585 g/mol. The Morgan fingerprint density at radius 3 is 1.95 bits per heavy atom. The number of hydrogen-bond acceptors (Lipinski definition) is 7. The first-order valence-corrected chi connectivity index (χ1v) is 14.1. The van der Waals surface area contributed by atoms with Gasteiger partial charge in [0.2, 0.25) is 0 Å². The molecule has 2 bridgehead atoms. The molecule has 3 amide bonds. The van der Waals surface area contributed by atoms with E-state index in [1.54, 1.807) is 0 Å². The fraction of sp³-hybridized carbons (Fsp3) is 0.267. The van der Waals surface area contributed by atoms with Gasteiger partial charge in [0.15, 0.2) is 5.78 Å². The van der Waals surface area contributed by atoms with Crippen molar-refractivity contribution in [3.05, 3.63) is 98.0 Å².